The second kappa shape index (κ2) is 3.85. The molecule has 4 heterocycles. The Kier molecular flexibility index (Phi) is 2.27. The summed E-state index contributed by atoms with van der Waals surface area (Å²) in [6.45, 7) is 3.77. The Morgan fingerprint density at radius 2 is 1.94 bits per heavy atom. The summed E-state index contributed by atoms with van der Waals surface area (Å²) in [4.78, 5) is 6.72. The van der Waals surface area contributed by atoms with Crippen LogP contribution in [0.4, 0.5) is 5.82 Å². The van der Waals surface area contributed by atoms with Gasteiger partial charge in [0, 0.05) is 31.5 Å². The van der Waals surface area contributed by atoms with Crippen molar-refractivity contribution in [2.75, 3.05) is 25.4 Å². The Hall–Kier alpha value is -1.29. The highest BCUT2D eigenvalue weighted by Crippen LogP contribution is 2.44. The smallest absolute Gasteiger partial charge is 0.138 e. The fraction of sp³-hybridized carbons (Fsp3) is 0.643. The Morgan fingerprint density at radius 3 is 2.56 bits per heavy atom. The van der Waals surface area contributed by atoms with Gasteiger partial charge in [0.05, 0.1) is 6.20 Å². The summed E-state index contributed by atoms with van der Waals surface area (Å²) in [5.74, 6) is 3.78. The molecule has 3 saturated heterocycles. The zero-order valence-corrected chi connectivity index (χ0v) is 10.5. The molecule has 0 radical (unpaired) electrons. The predicted octanol–water partition coefficient (Wildman–Crippen LogP) is 1.38. The first-order chi connectivity index (χ1) is 8.78. The van der Waals surface area contributed by atoms with Crippen molar-refractivity contribution in [1.82, 2.24) is 9.88 Å². The van der Waals surface area contributed by atoms with Gasteiger partial charge >= 0.3 is 0 Å². The molecule has 2 N–H and O–H groups in total. The Bertz CT molecular complexity index is 417. The molecule has 96 valence electrons. The topological polar surface area (TPSA) is 51.4 Å². The van der Waals surface area contributed by atoms with E-state index in [1.165, 1.54) is 32.5 Å². The molecule has 4 nitrogen and oxygen atoms in total. The highest BCUT2D eigenvalue weighted by molar-refractivity contribution is 5.32. The molecule has 1 aliphatic carbocycles. The van der Waals surface area contributed by atoms with E-state index < -0.39 is 0 Å². The SMILES string of the molecule is Nc1ccc(OC2C3CC4CC2CN(C4)C3)cn1. The maximum Gasteiger partial charge on any atom is 0.138 e. The number of pyridine rings is 1. The second-order valence-corrected chi connectivity index (χ2v) is 6.08. The number of hydrogen-bond donors (Lipinski definition) is 1. The summed E-state index contributed by atoms with van der Waals surface area (Å²) in [5.41, 5.74) is 5.60. The summed E-state index contributed by atoms with van der Waals surface area (Å²) in [7, 11) is 0. The van der Waals surface area contributed by atoms with Crippen LogP contribution in [0.15, 0.2) is 18.3 Å². The fourth-order valence-electron chi connectivity index (χ4n) is 4.17. The molecule has 1 aromatic rings. The quantitative estimate of drug-likeness (QED) is 0.855. The number of nitrogens with zero attached hydrogens (tertiary/aromatic N) is 2. The van der Waals surface area contributed by atoms with Crippen LogP contribution in [0.25, 0.3) is 0 Å². The molecule has 4 heteroatoms. The molecular weight excluding hydrogens is 226 g/mol. The number of rotatable bonds is 2. The van der Waals surface area contributed by atoms with Gasteiger partial charge < -0.3 is 15.4 Å². The number of nitrogen functional groups attached to an aromatic ring is 1. The Morgan fingerprint density at radius 1 is 1.17 bits per heavy atom. The molecule has 5 rings (SSSR count). The van der Waals surface area contributed by atoms with Crippen LogP contribution in [-0.2, 0) is 0 Å². The lowest BCUT2D eigenvalue weighted by Gasteiger charge is -2.55. The Labute approximate surface area is 107 Å². The molecule has 4 fully saturated rings. The number of aromatic nitrogens is 1. The van der Waals surface area contributed by atoms with Crippen LogP contribution in [0, 0.1) is 17.8 Å². The monoisotopic (exact) mass is 245 g/mol. The van der Waals surface area contributed by atoms with Crippen LogP contribution in [0.1, 0.15) is 12.8 Å². The number of anilines is 1. The summed E-state index contributed by atoms with van der Waals surface area (Å²) >= 11 is 0. The van der Waals surface area contributed by atoms with E-state index in [1.807, 2.05) is 12.1 Å². The highest BCUT2D eigenvalue weighted by atomic mass is 16.5. The van der Waals surface area contributed by atoms with Crippen molar-refractivity contribution < 1.29 is 4.74 Å². The average molecular weight is 245 g/mol. The largest absolute Gasteiger partial charge is 0.488 e. The van der Waals surface area contributed by atoms with E-state index in [4.69, 9.17) is 10.5 Å². The molecule has 3 aliphatic heterocycles. The average Bonchev–Trinajstić information content (AvgIpc) is 2.35. The van der Waals surface area contributed by atoms with Gasteiger partial charge in [0.15, 0.2) is 0 Å². The van der Waals surface area contributed by atoms with E-state index >= 15 is 0 Å². The summed E-state index contributed by atoms with van der Waals surface area (Å²) in [5, 5.41) is 0. The van der Waals surface area contributed by atoms with Gasteiger partial charge in [0.2, 0.25) is 0 Å². The van der Waals surface area contributed by atoms with Crippen molar-refractivity contribution >= 4 is 5.82 Å². The van der Waals surface area contributed by atoms with Gasteiger partial charge in [-0.1, -0.05) is 0 Å². The van der Waals surface area contributed by atoms with E-state index in [-0.39, 0.29) is 0 Å². The summed E-state index contributed by atoms with van der Waals surface area (Å²) in [6.07, 6.45) is 4.84. The molecule has 0 aromatic carbocycles. The van der Waals surface area contributed by atoms with Crippen molar-refractivity contribution in [3.05, 3.63) is 18.3 Å². The predicted molar refractivity (Wildman–Crippen MR) is 69.2 cm³/mol. The van der Waals surface area contributed by atoms with Crippen LogP contribution in [-0.4, -0.2) is 35.6 Å². The van der Waals surface area contributed by atoms with Crippen molar-refractivity contribution in [1.29, 1.82) is 0 Å². The van der Waals surface area contributed by atoms with Crippen LogP contribution < -0.4 is 10.5 Å². The van der Waals surface area contributed by atoms with Crippen LogP contribution in [0.5, 0.6) is 5.75 Å². The van der Waals surface area contributed by atoms with E-state index in [0.29, 0.717) is 23.8 Å². The number of nitrogens with two attached hydrogens (primary N) is 1. The van der Waals surface area contributed by atoms with Crippen LogP contribution in [0.3, 0.4) is 0 Å². The minimum atomic E-state index is 0.392. The molecule has 1 saturated carbocycles. The van der Waals surface area contributed by atoms with Gasteiger partial charge in [-0.15, -0.1) is 0 Å². The number of piperidine rings is 3. The van der Waals surface area contributed by atoms with Gasteiger partial charge in [0.1, 0.15) is 17.7 Å². The lowest BCUT2D eigenvalue weighted by Crippen LogP contribution is -2.61. The molecule has 0 amide bonds. The van der Waals surface area contributed by atoms with Gasteiger partial charge in [0.25, 0.3) is 0 Å². The maximum atomic E-state index is 6.20. The first-order valence-electron chi connectivity index (χ1n) is 6.88. The van der Waals surface area contributed by atoms with Crippen molar-refractivity contribution in [3.63, 3.8) is 0 Å². The molecule has 0 spiro atoms. The van der Waals surface area contributed by atoms with Crippen molar-refractivity contribution in [3.8, 4) is 5.75 Å². The van der Waals surface area contributed by atoms with Crippen LogP contribution >= 0.6 is 0 Å². The summed E-state index contributed by atoms with van der Waals surface area (Å²) in [6, 6.07) is 3.75. The fourth-order valence-corrected chi connectivity index (χ4v) is 4.17. The minimum Gasteiger partial charge on any atom is -0.488 e. The van der Waals surface area contributed by atoms with E-state index in [0.717, 1.165) is 11.7 Å². The Balaban J connectivity index is 1.53. The molecule has 4 aliphatic rings. The maximum absolute atomic E-state index is 6.20. The molecule has 4 bridgehead atoms. The number of ether oxygens (including phenoxy) is 1. The van der Waals surface area contributed by atoms with Gasteiger partial charge in [-0.05, 0) is 30.9 Å². The van der Waals surface area contributed by atoms with Gasteiger partial charge in [-0.25, -0.2) is 4.98 Å². The molecule has 2 atom stereocenters. The third-order valence-electron chi connectivity index (χ3n) is 4.73. The van der Waals surface area contributed by atoms with E-state index in [1.54, 1.807) is 6.20 Å². The molecule has 18 heavy (non-hydrogen) atoms. The summed E-state index contributed by atoms with van der Waals surface area (Å²) < 4.78 is 6.20. The zero-order valence-electron chi connectivity index (χ0n) is 10.5. The molecule has 1 aromatic heterocycles. The molecule has 2 unspecified atom stereocenters. The first kappa shape index (κ1) is 10.6. The lowest BCUT2D eigenvalue weighted by atomic mass is 9.66. The zero-order chi connectivity index (χ0) is 12.1. The van der Waals surface area contributed by atoms with Gasteiger partial charge in [-0.3, -0.25) is 0 Å². The molecular formula is C14H19N3O. The second-order valence-electron chi connectivity index (χ2n) is 6.08. The van der Waals surface area contributed by atoms with Crippen molar-refractivity contribution in [2.24, 2.45) is 17.8 Å². The van der Waals surface area contributed by atoms with Crippen molar-refractivity contribution in [2.45, 2.75) is 18.9 Å². The third kappa shape index (κ3) is 1.67. The van der Waals surface area contributed by atoms with Gasteiger partial charge in [-0.2, -0.15) is 0 Å². The standard InChI is InChI=1S/C14H19N3O/c15-13-2-1-12(5-16-13)18-14-10-3-9-4-11(14)8-17(6-9)7-10/h1-2,5,9-11,14H,3-4,6-8H2,(H2,15,16). The van der Waals surface area contributed by atoms with E-state index in [9.17, 15) is 0 Å². The third-order valence-corrected chi connectivity index (χ3v) is 4.73. The van der Waals surface area contributed by atoms with E-state index in [2.05, 4.69) is 9.88 Å². The lowest BCUT2D eigenvalue weighted by molar-refractivity contribution is -0.0985. The first-order valence-corrected chi connectivity index (χ1v) is 6.88. The highest BCUT2D eigenvalue weighted by Gasteiger charge is 2.48. The minimum absolute atomic E-state index is 0.392. The number of hydrogen-bond acceptors (Lipinski definition) is 4. The van der Waals surface area contributed by atoms with Crippen LogP contribution in [0.2, 0.25) is 0 Å². The normalized spacial score (nSPS) is 41.0.